The number of allylic oxidation sites excluding steroid dienone is 2. The van der Waals surface area contributed by atoms with Crippen molar-refractivity contribution in [3.8, 4) is 17.5 Å². The van der Waals surface area contributed by atoms with Gasteiger partial charge >= 0.3 is 11.4 Å². The number of aromatic nitrogens is 1. The largest absolute Gasteiger partial charge is 0.492 e. The SMILES string of the molecule is O=S(Oc1c(F)c(F)c(F)c(F)c1F)On1c(O)c2c(c1O)C1C=CC2C1. The van der Waals surface area contributed by atoms with E-state index in [9.17, 15) is 36.4 Å². The van der Waals surface area contributed by atoms with Gasteiger partial charge in [-0.25, -0.2) is 13.2 Å². The predicted molar refractivity (Wildman–Crippen MR) is 78.6 cm³/mol. The number of rotatable bonds is 4. The molecule has 1 aromatic carbocycles. The van der Waals surface area contributed by atoms with Crippen LogP contribution in [0.4, 0.5) is 22.0 Å². The molecule has 1 heterocycles. The topological polar surface area (TPSA) is 80.9 Å². The maximum atomic E-state index is 13.6. The summed E-state index contributed by atoms with van der Waals surface area (Å²) >= 11 is -3.17. The summed E-state index contributed by atoms with van der Waals surface area (Å²) in [7, 11) is 0. The molecule has 4 rings (SSSR count). The lowest BCUT2D eigenvalue weighted by Crippen LogP contribution is -2.20. The van der Waals surface area contributed by atoms with Crippen LogP contribution in [0.15, 0.2) is 12.2 Å². The molecule has 2 bridgehead atoms. The summed E-state index contributed by atoms with van der Waals surface area (Å²) in [4.78, 5) is 0. The van der Waals surface area contributed by atoms with Crippen LogP contribution in [0, 0.1) is 29.1 Å². The van der Waals surface area contributed by atoms with Crippen LogP contribution >= 0.6 is 0 Å². The average molecular weight is 409 g/mol. The van der Waals surface area contributed by atoms with Crippen molar-refractivity contribution >= 4 is 11.4 Å². The highest BCUT2D eigenvalue weighted by molar-refractivity contribution is 7.75. The van der Waals surface area contributed by atoms with Crippen molar-refractivity contribution in [1.29, 1.82) is 0 Å². The van der Waals surface area contributed by atoms with Gasteiger partial charge in [0.1, 0.15) is 0 Å². The molecule has 3 atom stereocenters. The minimum absolute atomic E-state index is 0.203. The molecule has 12 heteroatoms. The molecule has 27 heavy (non-hydrogen) atoms. The minimum Gasteiger partial charge on any atom is -0.492 e. The van der Waals surface area contributed by atoms with Gasteiger partial charge in [0, 0.05) is 23.0 Å². The lowest BCUT2D eigenvalue weighted by Gasteiger charge is -2.11. The average Bonchev–Trinajstić information content (AvgIpc) is 3.32. The molecule has 3 unspecified atom stereocenters. The lowest BCUT2D eigenvalue weighted by atomic mass is 10.0. The molecular weight excluding hydrogens is 401 g/mol. The van der Waals surface area contributed by atoms with E-state index in [0.29, 0.717) is 22.3 Å². The van der Waals surface area contributed by atoms with Crippen LogP contribution in [0.2, 0.25) is 0 Å². The molecule has 6 nitrogen and oxygen atoms in total. The number of benzene rings is 1. The Morgan fingerprint density at radius 1 is 0.889 bits per heavy atom. The standard InChI is InChI=1S/C15H8F5NO5S/c16-8-9(17)11(19)13(12(20)10(8)18)25-27(24)26-21-14(22)6-4-1-2-5(3-4)7(6)15(21)23/h1-2,4-5,22-23H,3H2. The number of halogens is 5. The van der Waals surface area contributed by atoms with Gasteiger partial charge < -0.3 is 14.4 Å². The van der Waals surface area contributed by atoms with Crippen LogP contribution in [0.25, 0.3) is 0 Å². The molecule has 1 aromatic heterocycles. The maximum Gasteiger partial charge on any atom is 0.438 e. The van der Waals surface area contributed by atoms with E-state index in [1.807, 2.05) is 0 Å². The van der Waals surface area contributed by atoms with E-state index in [4.69, 9.17) is 0 Å². The smallest absolute Gasteiger partial charge is 0.438 e. The van der Waals surface area contributed by atoms with Crippen molar-refractivity contribution in [3.63, 3.8) is 0 Å². The fourth-order valence-electron chi connectivity index (χ4n) is 3.29. The molecule has 2 aliphatic carbocycles. The number of nitrogens with zero attached hydrogens (tertiary/aromatic N) is 1. The molecule has 144 valence electrons. The van der Waals surface area contributed by atoms with Crippen LogP contribution in [-0.4, -0.2) is 19.2 Å². The van der Waals surface area contributed by atoms with Gasteiger partial charge in [-0.05, 0) is 6.42 Å². The van der Waals surface area contributed by atoms with Crippen LogP contribution in [0.3, 0.4) is 0 Å². The second-order valence-corrected chi connectivity index (χ2v) is 6.59. The summed E-state index contributed by atoms with van der Waals surface area (Å²) in [6.07, 6.45) is 4.20. The Kier molecular flexibility index (Phi) is 3.84. The van der Waals surface area contributed by atoms with Crippen molar-refractivity contribution in [2.75, 3.05) is 0 Å². The second-order valence-electron chi connectivity index (χ2n) is 5.86. The summed E-state index contributed by atoms with van der Waals surface area (Å²) in [5, 5.41) is 20.3. The zero-order valence-electron chi connectivity index (χ0n) is 12.9. The van der Waals surface area contributed by atoms with Gasteiger partial charge in [0.2, 0.25) is 46.6 Å². The highest BCUT2D eigenvalue weighted by Gasteiger charge is 2.42. The van der Waals surface area contributed by atoms with E-state index in [1.54, 1.807) is 12.2 Å². The van der Waals surface area contributed by atoms with E-state index >= 15 is 0 Å². The third-order valence-electron chi connectivity index (χ3n) is 4.44. The summed E-state index contributed by atoms with van der Waals surface area (Å²) in [5.41, 5.74) is 0.654. The quantitative estimate of drug-likeness (QED) is 0.351. The molecule has 0 fully saturated rings. The van der Waals surface area contributed by atoms with E-state index in [0.717, 1.165) is 0 Å². The molecule has 0 spiro atoms. The van der Waals surface area contributed by atoms with E-state index < -0.39 is 58.0 Å². The van der Waals surface area contributed by atoms with E-state index in [-0.39, 0.29) is 11.8 Å². The second kappa shape index (κ2) is 5.87. The van der Waals surface area contributed by atoms with Crippen LogP contribution in [-0.2, 0) is 11.4 Å². The Labute approximate surface area is 149 Å². The van der Waals surface area contributed by atoms with Gasteiger partial charge in [-0.3, -0.25) is 4.28 Å². The molecule has 2 aliphatic rings. The molecule has 0 radical (unpaired) electrons. The predicted octanol–water partition coefficient (Wildman–Crippen LogP) is 2.82. The van der Waals surface area contributed by atoms with Gasteiger partial charge in [0.05, 0.1) is 0 Å². The van der Waals surface area contributed by atoms with E-state index in [2.05, 4.69) is 8.47 Å². The van der Waals surface area contributed by atoms with Gasteiger partial charge in [-0.1, -0.05) is 16.9 Å². The molecule has 0 saturated heterocycles. The molecule has 0 aliphatic heterocycles. The third kappa shape index (κ3) is 2.39. The Morgan fingerprint density at radius 2 is 1.33 bits per heavy atom. The maximum absolute atomic E-state index is 13.6. The highest BCUT2D eigenvalue weighted by Crippen LogP contribution is 2.56. The fraction of sp³-hybridized carbons (Fsp3) is 0.200. The zero-order chi connectivity index (χ0) is 19.6. The first-order chi connectivity index (χ1) is 12.7. The lowest BCUT2D eigenvalue weighted by molar-refractivity contribution is 0.196. The van der Waals surface area contributed by atoms with Gasteiger partial charge in [-0.15, -0.1) is 0 Å². The first-order valence-corrected chi connectivity index (χ1v) is 8.37. The molecule has 2 aromatic rings. The number of hydrogen-bond acceptors (Lipinski definition) is 5. The number of fused-ring (bicyclic) bond motifs is 5. The minimum atomic E-state index is -3.17. The Balaban J connectivity index is 1.63. The summed E-state index contributed by atoms with van der Waals surface area (Å²) in [5.74, 6) is -15.2. The van der Waals surface area contributed by atoms with Crippen LogP contribution in [0.1, 0.15) is 29.4 Å². The Bertz CT molecular complexity index is 972. The van der Waals surface area contributed by atoms with Crippen LogP contribution < -0.4 is 8.47 Å². The van der Waals surface area contributed by atoms with Crippen molar-refractivity contribution in [1.82, 2.24) is 4.73 Å². The molecule has 0 saturated carbocycles. The normalized spacial score (nSPS) is 20.8. The van der Waals surface area contributed by atoms with Crippen molar-refractivity contribution < 1.29 is 44.8 Å². The summed E-state index contributed by atoms with van der Waals surface area (Å²) < 4.78 is 87.3. The monoisotopic (exact) mass is 409 g/mol. The van der Waals surface area contributed by atoms with Crippen LogP contribution in [0.5, 0.6) is 17.5 Å². The van der Waals surface area contributed by atoms with Crippen molar-refractivity contribution in [2.45, 2.75) is 18.3 Å². The highest BCUT2D eigenvalue weighted by atomic mass is 32.2. The Hall–Kier alpha value is -2.76. The van der Waals surface area contributed by atoms with Crippen molar-refractivity contribution in [2.24, 2.45) is 0 Å². The number of aromatic hydroxyl groups is 2. The fourth-order valence-corrected chi connectivity index (χ4v) is 3.87. The molecule has 2 N–H and O–H groups in total. The molecular formula is C15H8F5NO5S. The molecule has 0 amide bonds. The summed E-state index contributed by atoms with van der Waals surface area (Å²) in [6, 6.07) is 0. The third-order valence-corrected chi connectivity index (χ3v) is 5.01. The van der Waals surface area contributed by atoms with Gasteiger partial charge in [-0.2, -0.15) is 13.0 Å². The first kappa shape index (κ1) is 17.6. The summed E-state index contributed by atoms with van der Waals surface area (Å²) in [6.45, 7) is 0. The first-order valence-electron chi connectivity index (χ1n) is 7.37. The van der Waals surface area contributed by atoms with Gasteiger partial charge in [0.15, 0.2) is 0 Å². The van der Waals surface area contributed by atoms with E-state index in [1.165, 1.54) is 0 Å². The Morgan fingerprint density at radius 3 is 1.81 bits per heavy atom. The number of hydrogen-bond donors (Lipinski definition) is 2. The van der Waals surface area contributed by atoms with Gasteiger partial charge in [0.25, 0.3) is 0 Å². The van der Waals surface area contributed by atoms with Crippen molar-refractivity contribution in [3.05, 3.63) is 52.4 Å². The zero-order valence-corrected chi connectivity index (χ0v) is 13.7.